The lowest BCUT2D eigenvalue weighted by Gasteiger charge is -2.19. The van der Waals surface area contributed by atoms with Gasteiger partial charge in [0.05, 0.1) is 20.8 Å². The Morgan fingerprint density at radius 2 is 1.91 bits per heavy atom. The van der Waals surface area contributed by atoms with Gasteiger partial charge in [-0.1, -0.05) is 18.2 Å². The van der Waals surface area contributed by atoms with Crippen LogP contribution in [0.25, 0.3) is 6.08 Å². The van der Waals surface area contributed by atoms with Gasteiger partial charge < -0.3 is 19.1 Å². The standard InChI is InChI=1S/C16H21NO5/c1-20-11-10-17(12-16(19)22-3)15(18)9-8-13-6-4-5-7-14(13)21-2/h4-9H,10-12H2,1-3H3/b9-8-. The molecule has 0 unspecified atom stereocenters. The van der Waals surface area contributed by atoms with Crippen LogP contribution >= 0.6 is 0 Å². The molecule has 22 heavy (non-hydrogen) atoms. The van der Waals surface area contributed by atoms with Crippen LogP contribution in [0.15, 0.2) is 30.3 Å². The van der Waals surface area contributed by atoms with E-state index >= 15 is 0 Å². The summed E-state index contributed by atoms with van der Waals surface area (Å²) in [6.07, 6.45) is 3.05. The monoisotopic (exact) mass is 307 g/mol. The topological polar surface area (TPSA) is 65.1 Å². The molecule has 0 N–H and O–H groups in total. The third-order valence-electron chi connectivity index (χ3n) is 2.97. The van der Waals surface area contributed by atoms with Gasteiger partial charge in [-0.15, -0.1) is 0 Å². The molecule has 0 heterocycles. The molecular weight excluding hydrogens is 286 g/mol. The largest absolute Gasteiger partial charge is 0.496 e. The van der Waals surface area contributed by atoms with Crippen LogP contribution in [0, 0.1) is 0 Å². The molecule has 1 aromatic carbocycles. The van der Waals surface area contributed by atoms with Crippen LogP contribution < -0.4 is 4.74 Å². The summed E-state index contributed by atoms with van der Waals surface area (Å²) in [6, 6.07) is 7.34. The second-order valence-electron chi connectivity index (χ2n) is 4.40. The zero-order valence-corrected chi connectivity index (χ0v) is 13.1. The molecule has 0 saturated heterocycles. The number of carbonyl (C=O) groups excluding carboxylic acids is 2. The Labute approximate surface area is 130 Å². The van der Waals surface area contributed by atoms with Crippen LogP contribution in [0.5, 0.6) is 5.75 Å². The first-order valence-corrected chi connectivity index (χ1v) is 6.78. The van der Waals surface area contributed by atoms with Crippen LogP contribution in [-0.2, 0) is 19.1 Å². The summed E-state index contributed by atoms with van der Waals surface area (Å²) in [5.74, 6) is -0.105. The van der Waals surface area contributed by atoms with Crippen LogP contribution in [0.2, 0.25) is 0 Å². The van der Waals surface area contributed by atoms with E-state index in [4.69, 9.17) is 9.47 Å². The fraction of sp³-hybridized carbons (Fsp3) is 0.375. The SMILES string of the molecule is COCCN(CC(=O)OC)C(=O)/C=C\c1ccccc1OC. The molecule has 0 saturated carbocycles. The average Bonchev–Trinajstić information content (AvgIpc) is 2.56. The normalized spacial score (nSPS) is 10.5. The molecule has 0 aliphatic carbocycles. The highest BCUT2D eigenvalue weighted by molar-refractivity contribution is 5.94. The lowest BCUT2D eigenvalue weighted by Crippen LogP contribution is -2.37. The molecule has 6 nitrogen and oxygen atoms in total. The fourth-order valence-corrected chi connectivity index (χ4v) is 1.76. The number of amides is 1. The zero-order chi connectivity index (χ0) is 16.4. The predicted molar refractivity (Wildman–Crippen MR) is 82.5 cm³/mol. The number of rotatable bonds is 8. The number of methoxy groups -OCH3 is 3. The minimum Gasteiger partial charge on any atom is -0.496 e. The molecule has 0 fully saturated rings. The van der Waals surface area contributed by atoms with Crippen molar-refractivity contribution in [1.82, 2.24) is 4.90 Å². The molecule has 0 radical (unpaired) electrons. The Kier molecular flexibility index (Phi) is 7.70. The van der Waals surface area contributed by atoms with E-state index in [1.165, 1.54) is 25.2 Å². The van der Waals surface area contributed by atoms with Gasteiger partial charge in [-0.25, -0.2) is 0 Å². The summed E-state index contributed by atoms with van der Waals surface area (Å²) in [5, 5.41) is 0. The number of hydrogen-bond acceptors (Lipinski definition) is 5. The van der Waals surface area contributed by atoms with Crippen molar-refractivity contribution in [3.05, 3.63) is 35.9 Å². The van der Waals surface area contributed by atoms with Gasteiger partial charge in [0.25, 0.3) is 0 Å². The highest BCUT2D eigenvalue weighted by atomic mass is 16.5. The first-order chi connectivity index (χ1) is 10.6. The fourth-order valence-electron chi connectivity index (χ4n) is 1.76. The number of para-hydroxylation sites is 1. The molecule has 120 valence electrons. The third-order valence-corrected chi connectivity index (χ3v) is 2.97. The summed E-state index contributed by atoms with van der Waals surface area (Å²) in [6.45, 7) is 0.529. The quantitative estimate of drug-likeness (QED) is 0.536. The maximum absolute atomic E-state index is 12.2. The van der Waals surface area contributed by atoms with Crippen molar-refractivity contribution < 1.29 is 23.8 Å². The number of benzene rings is 1. The Morgan fingerprint density at radius 1 is 1.18 bits per heavy atom. The second kappa shape index (κ2) is 9.57. The van der Waals surface area contributed by atoms with E-state index in [1.807, 2.05) is 18.2 Å². The minimum absolute atomic E-state index is 0.116. The first kappa shape index (κ1) is 17.7. The van der Waals surface area contributed by atoms with E-state index in [0.29, 0.717) is 18.9 Å². The van der Waals surface area contributed by atoms with Crippen LogP contribution in [0.3, 0.4) is 0 Å². The summed E-state index contributed by atoms with van der Waals surface area (Å²) < 4.78 is 14.8. The van der Waals surface area contributed by atoms with Crippen LogP contribution in [0.1, 0.15) is 5.56 Å². The van der Waals surface area contributed by atoms with E-state index in [2.05, 4.69) is 4.74 Å². The highest BCUT2D eigenvalue weighted by Gasteiger charge is 2.15. The second-order valence-corrected chi connectivity index (χ2v) is 4.40. The van der Waals surface area contributed by atoms with Gasteiger partial charge in [-0.05, 0) is 12.1 Å². The Morgan fingerprint density at radius 3 is 2.55 bits per heavy atom. The van der Waals surface area contributed by atoms with Crippen molar-refractivity contribution in [2.75, 3.05) is 41.0 Å². The van der Waals surface area contributed by atoms with Crippen molar-refractivity contribution in [2.45, 2.75) is 0 Å². The van der Waals surface area contributed by atoms with Gasteiger partial charge in [0.1, 0.15) is 12.3 Å². The van der Waals surface area contributed by atoms with Crippen molar-refractivity contribution in [3.8, 4) is 5.75 Å². The van der Waals surface area contributed by atoms with Gasteiger partial charge in [0.15, 0.2) is 0 Å². The molecule has 6 heteroatoms. The molecule has 1 rings (SSSR count). The molecule has 0 aromatic heterocycles. The average molecular weight is 307 g/mol. The Bertz CT molecular complexity index is 527. The highest BCUT2D eigenvalue weighted by Crippen LogP contribution is 2.18. The number of esters is 1. The molecule has 0 spiro atoms. The first-order valence-electron chi connectivity index (χ1n) is 6.78. The Balaban J connectivity index is 2.80. The van der Waals surface area contributed by atoms with Gasteiger partial charge >= 0.3 is 5.97 Å². The molecule has 0 aliphatic rings. The minimum atomic E-state index is -0.477. The maximum atomic E-state index is 12.2. The van der Waals surface area contributed by atoms with E-state index < -0.39 is 5.97 Å². The summed E-state index contributed by atoms with van der Waals surface area (Å²) in [7, 11) is 4.38. The molecule has 0 aliphatic heterocycles. The van der Waals surface area contributed by atoms with Gasteiger partial charge in [0.2, 0.25) is 5.91 Å². The van der Waals surface area contributed by atoms with Crippen molar-refractivity contribution >= 4 is 18.0 Å². The van der Waals surface area contributed by atoms with Crippen molar-refractivity contribution in [3.63, 3.8) is 0 Å². The van der Waals surface area contributed by atoms with Crippen LogP contribution in [0.4, 0.5) is 0 Å². The summed E-state index contributed by atoms with van der Waals surface area (Å²) >= 11 is 0. The predicted octanol–water partition coefficient (Wildman–Crippen LogP) is 1.36. The Hall–Kier alpha value is -2.34. The number of nitrogens with zero attached hydrogens (tertiary/aromatic N) is 1. The van der Waals surface area contributed by atoms with E-state index in [1.54, 1.807) is 19.3 Å². The number of hydrogen-bond donors (Lipinski definition) is 0. The summed E-state index contributed by atoms with van der Waals surface area (Å²) in [5.41, 5.74) is 0.781. The van der Waals surface area contributed by atoms with E-state index in [0.717, 1.165) is 5.56 Å². The smallest absolute Gasteiger partial charge is 0.325 e. The van der Waals surface area contributed by atoms with Gasteiger partial charge in [0, 0.05) is 25.3 Å². The van der Waals surface area contributed by atoms with Crippen molar-refractivity contribution in [1.29, 1.82) is 0 Å². The van der Waals surface area contributed by atoms with E-state index in [9.17, 15) is 9.59 Å². The molecule has 0 atom stereocenters. The summed E-state index contributed by atoms with van der Waals surface area (Å²) in [4.78, 5) is 24.9. The number of carbonyl (C=O) groups is 2. The molecule has 1 amide bonds. The maximum Gasteiger partial charge on any atom is 0.325 e. The van der Waals surface area contributed by atoms with Crippen molar-refractivity contribution in [2.24, 2.45) is 0 Å². The van der Waals surface area contributed by atoms with Gasteiger partial charge in [-0.2, -0.15) is 0 Å². The lowest BCUT2D eigenvalue weighted by molar-refractivity contribution is -0.145. The number of ether oxygens (including phenoxy) is 3. The molecule has 1 aromatic rings. The zero-order valence-electron chi connectivity index (χ0n) is 13.1. The van der Waals surface area contributed by atoms with E-state index in [-0.39, 0.29) is 12.5 Å². The van der Waals surface area contributed by atoms with Crippen LogP contribution in [-0.4, -0.2) is 57.8 Å². The third kappa shape index (κ3) is 5.57. The lowest BCUT2D eigenvalue weighted by atomic mass is 10.2. The molecular formula is C16H21NO5. The van der Waals surface area contributed by atoms with Gasteiger partial charge in [-0.3, -0.25) is 9.59 Å². The molecule has 0 bridgehead atoms.